The number of nitrogens with zero attached hydrogens (tertiary/aromatic N) is 1. The molecule has 1 atom stereocenters. The summed E-state index contributed by atoms with van der Waals surface area (Å²) in [7, 11) is 3.22. The largest absolute Gasteiger partial charge is 0.497 e. The number of carbonyl (C=O) groups is 1. The predicted molar refractivity (Wildman–Crippen MR) is 110 cm³/mol. The monoisotopic (exact) mass is 381 g/mol. The van der Waals surface area contributed by atoms with Crippen molar-refractivity contribution in [2.24, 2.45) is 0 Å². The first-order valence-corrected chi connectivity index (χ1v) is 9.59. The molecule has 1 fully saturated rings. The highest BCUT2D eigenvalue weighted by atomic mass is 16.5. The quantitative estimate of drug-likeness (QED) is 0.664. The van der Waals surface area contributed by atoms with Crippen molar-refractivity contribution in [2.45, 2.75) is 25.8 Å². The maximum absolute atomic E-state index is 12.8. The average molecular weight is 381 g/mol. The molecule has 2 aromatic carbocycles. The highest BCUT2D eigenvalue weighted by molar-refractivity contribution is 5.92. The fourth-order valence-electron chi connectivity index (χ4n) is 3.54. The van der Waals surface area contributed by atoms with Crippen molar-refractivity contribution in [3.05, 3.63) is 59.7 Å². The third-order valence-corrected chi connectivity index (χ3v) is 4.96. The number of carbonyl (C=O) groups excluding carboxylic acids is 1. The Hall–Kier alpha value is -2.95. The Morgan fingerprint density at radius 3 is 2.54 bits per heavy atom. The molecule has 0 unspecified atom stereocenters. The van der Waals surface area contributed by atoms with Crippen LogP contribution in [0, 0.1) is 0 Å². The predicted octanol–water partition coefficient (Wildman–Crippen LogP) is 4.48. The Morgan fingerprint density at radius 1 is 1.11 bits per heavy atom. The van der Waals surface area contributed by atoms with Gasteiger partial charge in [-0.2, -0.15) is 0 Å². The Kier molecular flexibility index (Phi) is 6.58. The average Bonchev–Trinajstić information content (AvgIpc) is 3.22. The normalized spacial score (nSPS) is 16.4. The van der Waals surface area contributed by atoms with E-state index >= 15 is 0 Å². The topological polar surface area (TPSA) is 48.0 Å². The number of rotatable bonds is 7. The van der Waals surface area contributed by atoms with E-state index in [0.717, 1.165) is 42.0 Å². The van der Waals surface area contributed by atoms with Crippen LogP contribution in [0.15, 0.2) is 48.5 Å². The van der Waals surface area contributed by atoms with Crippen LogP contribution in [0.4, 0.5) is 0 Å². The van der Waals surface area contributed by atoms with E-state index in [9.17, 15) is 4.79 Å². The summed E-state index contributed by atoms with van der Waals surface area (Å²) in [6.07, 6.45) is 5.40. The lowest BCUT2D eigenvalue weighted by atomic mass is 10.0. The van der Waals surface area contributed by atoms with Gasteiger partial charge in [-0.25, -0.2) is 0 Å². The highest BCUT2D eigenvalue weighted by Gasteiger charge is 2.28. The fourth-order valence-corrected chi connectivity index (χ4v) is 3.54. The van der Waals surface area contributed by atoms with Crippen LogP contribution in [-0.4, -0.2) is 38.2 Å². The van der Waals surface area contributed by atoms with Crippen molar-refractivity contribution in [2.75, 3.05) is 27.4 Å². The van der Waals surface area contributed by atoms with Gasteiger partial charge in [-0.15, -0.1) is 0 Å². The van der Waals surface area contributed by atoms with Crippen LogP contribution >= 0.6 is 0 Å². The lowest BCUT2D eigenvalue weighted by molar-refractivity contribution is -0.126. The lowest BCUT2D eigenvalue weighted by Crippen LogP contribution is -2.28. The zero-order valence-electron chi connectivity index (χ0n) is 16.7. The second kappa shape index (κ2) is 9.31. The minimum atomic E-state index is 0.00857. The van der Waals surface area contributed by atoms with Crippen LogP contribution in [0.25, 0.3) is 6.08 Å². The van der Waals surface area contributed by atoms with E-state index in [1.165, 1.54) is 0 Å². The van der Waals surface area contributed by atoms with Gasteiger partial charge < -0.3 is 19.1 Å². The molecule has 28 heavy (non-hydrogen) atoms. The summed E-state index contributed by atoms with van der Waals surface area (Å²) in [5.74, 6) is 2.26. The number of ether oxygens (including phenoxy) is 3. The Balaban J connectivity index is 1.73. The van der Waals surface area contributed by atoms with Gasteiger partial charge in [0.05, 0.1) is 26.9 Å². The number of hydrogen-bond donors (Lipinski definition) is 0. The van der Waals surface area contributed by atoms with E-state index in [2.05, 4.69) is 12.1 Å². The molecule has 2 aromatic rings. The van der Waals surface area contributed by atoms with Crippen molar-refractivity contribution in [1.82, 2.24) is 4.90 Å². The van der Waals surface area contributed by atoms with Crippen LogP contribution in [-0.2, 0) is 4.79 Å². The maximum atomic E-state index is 12.8. The SMILES string of the molecule is CCOc1ccc([C@H]2CCCN2C(=O)/C=C/c2ccc(OC)cc2OC)cc1. The molecule has 1 aliphatic heterocycles. The minimum absolute atomic E-state index is 0.00857. The van der Waals surface area contributed by atoms with Gasteiger partial charge in [0.1, 0.15) is 17.2 Å². The van der Waals surface area contributed by atoms with Gasteiger partial charge in [0.25, 0.3) is 0 Å². The molecular formula is C23H27NO4. The molecule has 0 radical (unpaired) electrons. The number of amides is 1. The van der Waals surface area contributed by atoms with Gasteiger partial charge in [-0.3, -0.25) is 4.79 Å². The van der Waals surface area contributed by atoms with Crippen molar-refractivity contribution < 1.29 is 19.0 Å². The first-order chi connectivity index (χ1) is 13.7. The number of methoxy groups -OCH3 is 2. The van der Waals surface area contributed by atoms with Crippen molar-refractivity contribution in [1.29, 1.82) is 0 Å². The van der Waals surface area contributed by atoms with E-state index in [-0.39, 0.29) is 11.9 Å². The molecule has 0 spiro atoms. The Labute approximate surface area is 166 Å². The molecule has 0 bridgehead atoms. The molecule has 5 heteroatoms. The Morgan fingerprint density at radius 2 is 1.86 bits per heavy atom. The van der Waals surface area contributed by atoms with E-state index in [1.807, 2.05) is 42.2 Å². The Bertz CT molecular complexity index is 829. The van der Waals surface area contributed by atoms with Gasteiger partial charge in [0.15, 0.2) is 0 Å². The second-order valence-corrected chi connectivity index (χ2v) is 6.63. The summed E-state index contributed by atoms with van der Waals surface area (Å²) in [5.41, 5.74) is 1.98. The molecule has 0 saturated carbocycles. The molecule has 1 aliphatic rings. The maximum Gasteiger partial charge on any atom is 0.247 e. The van der Waals surface area contributed by atoms with Crippen molar-refractivity contribution in [3.8, 4) is 17.2 Å². The summed E-state index contributed by atoms with van der Waals surface area (Å²) in [6, 6.07) is 13.7. The third-order valence-electron chi connectivity index (χ3n) is 4.96. The van der Waals surface area contributed by atoms with Crippen molar-refractivity contribution >= 4 is 12.0 Å². The van der Waals surface area contributed by atoms with Crippen LogP contribution in [0.1, 0.15) is 36.9 Å². The van der Waals surface area contributed by atoms with E-state index < -0.39 is 0 Å². The van der Waals surface area contributed by atoms with Gasteiger partial charge >= 0.3 is 0 Å². The lowest BCUT2D eigenvalue weighted by Gasteiger charge is -2.24. The number of benzene rings is 2. The van der Waals surface area contributed by atoms with Gasteiger partial charge in [-0.1, -0.05) is 12.1 Å². The molecule has 148 valence electrons. The molecule has 5 nitrogen and oxygen atoms in total. The summed E-state index contributed by atoms with van der Waals surface area (Å²) < 4.78 is 16.1. The highest BCUT2D eigenvalue weighted by Crippen LogP contribution is 2.33. The molecule has 0 aliphatic carbocycles. The second-order valence-electron chi connectivity index (χ2n) is 6.63. The van der Waals surface area contributed by atoms with E-state index in [1.54, 1.807) is 26.4 Å². The van der Waals surface area contributed by atoms with Gasteiger partial charge in [0.2, 0.25) is 5.91 Å². The van der Waals surface area contributed by atoms with Crippen LogP contribution in [0.5, 0.6) is 17.2 Å². The van der Waals surface area contributed by atoms with Crippen molar-refractivity contribution in [3.63, 3.8) is 0 Å². The fraction of sp³-hybridized carbons (Fsp3) is 0.348. The molecule has 0 N–H and O–H groups in total. The molecule has 1 saturated heterocycles. The standard InChI is InChI=1S/C23H27NO4/c1-4-28-19-11-7-17(8-12-19)21-6-5-15-24(21)23(25)14-10-18-9-13-20(26-2)16-22(18)27-3/h7-14,16,21H,4-6,15H2,1-3H3/b14-10+/t21-/m1/s1. The zero-order valence-corrected chi connectivity index (χ0v) is 16.7. The van der Waals surface area contributed by atoms with Gasteiger partial charge in [-0.05, 0) is 55.7 Å². The van der Waals surface area contributed by atoms with E-state index in [0.29, 0.717) is 12.4 Å². The first kappa shape index (κ1) is 19.8. The third kappa shape index (κ3) is 4.47. The van der Waals surface area contributed by atoms with Crippen LogP contribution in [0.3, 0.4) is 0 Å². The zero-order chi connectivity index (χ0) is 19.9. The number of likely N-dealkylation sites (tertiary alicyclic amines) is 1. The smallest absolute Gasteiger partial charge is 0.247 e. The summed E-state index contributed by atoms with van der Waals surface area (Å²) in [4.78, 5) is 14.8. The summed E-state index contributed by atoms with van der Waals surface area (Å²) >= 11 is 0. The van der Waals surface area contributed by atoms with E-state index in [4.69, 9.17) is 14.2 Å². The summed E-state index contributed by atoms with van der Waals surface area (Å²) in [6.45, 7) is 3.38. The minimum Gasteiger partial charge on any atom is -0.497 e. The summed E-state index contributed by atoms with van der Waals surface area (Å²) in [5, 5.41) is 0. The van der Waals surface area contributed by atoms with Crippen LogP contribution < -0.4 is 14.2 Å². The molecule has 3 rings (SSSR count). The molecule has 1 heterocycles. The number of hydrogen-bond acceptors (Lipinski definition) is 4. The first-order valence-electron chi connectivity index (χ1n) is 9.59. The van der Waals surface area contributed by atoms with Gasteiger partial charge in [0, 0.05) is 24.3 Å². The van der Waals surface area contributed by atoms with Crippen LogP contribution in [0.2, 0.25) is 0 Å². The molecule has 0 aromatic heterocycles. The molecule has 1 amide bonds. The molecular weight excluding hydrogens is 354 g/mol.